The molecule has 1 saturated heterocycles. The van der Waals surface area contributed by atoms with E-state index in [0.29, 0.717) is 13.0 Å². The van der Waals surface area contributed by atoms with Crippen LogP contribution in [0.15, 0.2) is 30.3 Å². The van der Waals surface area contributed by atoms with Crippen LogP contribution in [0.1, 0.15) is 12.1 Å². The molecule has 5 heteroatoms. The van der Waals surface area contributed by atoms with Crippen LogP contribution in [-0.2, 0) is 4.79 Å². The van der Waals surface area contributed by atoms with Crippen LogP contribution in [0.4, 0.5) is 10.5 Å². The average Bonchev–Trinajstić information content (AvgIpc) is 2.38. The molecule has 0 spiro atoms. The van der Waals surface area contributed by atoms with Crippen molar-refractivity contribution in [1.82, 2.24) is 10.3 Å². The number of aromatic nitrogens is 1. The molecule has 19 heavy (non-hydrogen) atoms. The molecule has 0 saturated carbocycles. The Morgan fingerprint density at radius 2 is 2.05 bits per heavy atom. The van der Waals surface area contributed by atoms with Crippen LogP contribution in [0.25, 0.3) is 10.9 Å². The second kappa shape index (κ2) is 4.35. The van der Waals surface area contributed by atoms with Crippen molar-refractivity contribution in [3.63, 3.8) is 0 Å². The molecular weight excluding hydrogens is 242 g/mol. The normalized spacial score (nSPS) is 15.7. The van der Waals surface area contributed by atoms with Crippen molar-refractivity contribution in [3.8, 4) is 0 Å². The van der Waals surface area contributed by atoms with Gasteiger partial charge >= 0.3 is 6.03 Å². The van der Waals surface area contributed by atoms with Crippen molar-refractivity contribution < 1.29 is 9.59 Å². The Kier molecular flexibility index (Phi) is 2.67. The largest absolute Gasteiger partial charge is 0.328 e. The summed E-state index contributed by atoms with van der Waals surface area (Å²) in [5.74, 6) is -0.223. The van der Waals surface area contributed by atoms with Crippen molar-refractivity contribution in [2.45, 2.75) is 13.3 Å². The van der Waals surface area contributed by atoms with E-state index in [1.54, 1.807) is 4.90 Å². The predicted molar refractivity (Wildman–Crippen MR) is 72.0 cm³/mol. The van der Waals surface area contributed by atoms with Crippen molar-refractivity contribution >= 4 is 28.5 Å². The molecule has 1 aliphatic rings. The maximum Gasteiger partial charge on any atom is 0.328 e. The monoisotopic (exact) mass is 255 g/mol. The van der Waals surface area contributed by atoms with Gasteiger partial charge in [-0.3, -0.25) is 20.0 Å². The zero-order valence-electron chi connectivity index (χ0n) is 10.5. The molecule has 1 N–H and O–H groups in total. The van der Waals surface area contributed by atoms with Crippen molar-refractivity contribution in [3.05, 3.63) is 36.0 Å². The number of carbonyl (C=O) groups is 2. The molecule has 1 aliphatic heterocycles. The van der Waals surface area contributed by atoms with Crippen LogP contribution in [0.5, 0.6) is 0 Å². The van der Waals surface area contributed by atoms with Gasteiger partial charge in [0.15, 0.2) is 0 Å². The Balaban J connectivity index is 1.99. The zero-order valence-corrected chi connectivity index (χ0v) is 10.5. The minimum atomic E-state index is -0.365. The SMILES string of the molecule is Cc1ccc2cc(N3CCC(=O)NC3=O)ccc2n1. The highest BCUT2D eigenvalue weighted by atomic mass is 16.2. The lowest BCUT2D eigenvalue weighted by molar-refractivity contribution is -0.120. The number of benzene rings is 1. The topological polar surface area (TPSA) is 62.3 Å². The number of anilines is 1. The van der Waals surface area contributed by atoms with Gasteiger partial charge < -0.3 is 0 Å². The maximum atomic E-state index is 11.8. The summed E-state index contributed by atoms with van der Waals surface area (Å²) >= 11 is 0. The molecule has 0 atom stereocenters. The van der Waals surface area contributed by atoms with E-state index in [-0.39, 0.29) is 11.9 Å². The molecule has 3 rings (SSSR count). The highest BCUT2D eigenvalue weighted by molar-refractivity contribution is 6.06. The lowest BCUT2D eigenvalue weighted by Crippen LogP contribution is -2.49. The van der Waals surface area contributed by atoms with Gasteiger partial charge in [0.05, 0.1) is 5.52 Å². The maximum absolute atomic E-state index is 11.8. The summed E-state index contributed by atoms with van der Waals surface area (Å²) in [4.78, 5) is 28.9. The van der Waals surface area contributed by atoms with Gasteiger partial charge in [-0.05, 0) is 31.2 Å². The fourth-order valence-corrected chi connectivity index (χ4v) is 2.19. The summed E-state index contributed by atoms with van der Waals surface area (Å²) in [6.45, 7) is 2.35. The molecule has 0 aliphatic carbocycles. The molecule has 0 unspecified atom stereocenters. The second-order valence-electron chi connectivity index (χ2n) is 4.58. The Labute approximate surface area is 110 Å². The first kappa shape index (κ1) is 11.6. The van der Waals surface area contributed by atoms with Gasteiger partial charge in [0.25, 0.3) is 0 Å². The van der Waals surface area contributed by atoms with Gasteiger partial charge in [-0.2, -0.15) is 0 Å². The lowest BCUT2D eigenvalue weighted by Gasteiger charge is -2.26. The number of amides is 3. The first-order valence-corrected chi connectivity index (χ1v) is 6.12. The third kappa shape index (κ3) is 2.14. The fraction of sp³-hybridized carbons (Fsp3) is 0.214. The Morgan fingerprint density at radius 1 is 1.21 bits per heavy atom. The number of carbonyl (C=O) groups excluding carboxylic acids is 2. The molecule has 1 aromatic heterocycles. The summed E-state index contributed by atoms with van der Waals surface area (Å²) in [7, 11) is 0. The number of urea groups is 1. The fourth-order valence-electron chi connectivity index (χ4n) is 2.19. The van der Waals surface area contributed by atoms with Crippen LogP contribution in [0, 0.1) is 6.92 Å². The number of nitrogens with one attached hydrogen (secondary N) is 1. The smallest absolute Gasteiger partial charge is 0.294 e. The van der Waals surface area contributed by atoms with E-state index in [2.05, 4.69) is 10.3 Å². The highest BCUT2D eigenvalue weighted by Gasteiger charge is 2.24. The lowest BCUT2D eigenvalue weighted by atomic mass is 10.1. The van der Waals surface area contributed by atoms with E-state index in [1.807, 2.05) is 37.3 Å². The Morgan fingerprint density at radius 3 is 2.84 bits per heavy atom. The van der Waals surface area contributed by atoms with Crippen LogP contribution >= 0.6 is 0 Å². The van der Waals surface area contributed by atoms with E-state index in [0.717, 1.165) is 22.3 Å². The predicted octanol–water partition coefficient (Wildman–Crippen LogP) is 1.99. The molecular formula is C14H13N3O2. The average molecular weight is 255 g/mol. The molecule has 2 heterocycles. The van der Waals surface area contributed by atoms with Crippen LogP contribution in [0.2, 0.25) is 0 Å². The van der Waals surface area contributed by atoms with Crippen molar-refractivity contribution in [2.75, 3.05) is 11.4 Å². The highest BCUT2D eigenvalue weighted by Crippen LogP contribution is 2.22. The van der Waals surface area contributed by atoms with Gasteiger partial charge in [0.1, 0.15) is 0 Å². The summed E-state index contributed by atoms with van der Waals surface area (Å²) in [5, 5.41) is 3.30. The zero-order chi connectivity index (χ0) is 13.4. The van der Waals surface area contributed by atoms with E-state index in [4.69, 9.17) is 0 Å². The van der Waals surface area contributed by atoms with Crippen LogP contribution in [0.3, 0.4) is 0 Å². The third-order valence-corrected chi connectivity index (χ3v) is 3.18. The van der Waals surface area contributed by atoms with Crippen molar-refractivity contribution in [2.24, 2.45) is 0 Å². The molecule has 0 radical (unpaired) electrons. The summed E-state index contributed by atoms with van der Waals surface area (Å²) < 4.78 is 0. The second-order valence-corrected chi connectivity index (χ2v) is 4.58. The first-order valence-electron chi connectivity index (χ1n) is 6.12. The van der Waals surface area contributed by atoms with E-state index in [9.17, 15) is 9.59 Å². The quantitative estimate of drug-likeness (QED) is 0.847. The van der Waals surface area contributed by atoms with Crippen LogP contribution in [-0.4, -0.2) is 23.5 Å². The molecule has 2 aromatic rings. The van der Waals surface area contributed by atoms with Crippen LogP contribution < -0.4 is 10.2 Å². The van der Waals surface area contributed by atoms with E-state index < -0.39 is 0 Å². The molecule has 1 fully saturated rings. The summed E-state index contributed by atoms with van der Waals surface area (Å²) in [6, 6.07) is 9.21. The molecule has 1 aromatic carbocycles. The minimum Gasteiger partial charge on any atom is -0.294 e. The number of nitrogens with zero attached hydrogens (tertiary/aromatic N) is 2. The number of aryl methyl sites for hydroxylation is 1. The number of rotatable bonds is 1. The van der Waals surface area contributed by atoms with Gasteiger partial charge in [-0.1, -0.05) is 6.07 Å². The summed E-state index contributed by atoms with van der Waals surface area (Å²) in [5.41, 5.74) is 2.64. The Bertz CT molecular complexity index is 681. The molecule has 96 valence electrons. The van der Waals surface area contributed by atoms with E-state index >= 15 is 0 Å². The summed E-state index contributed by atoms with van der Waals surface area (Å²) in [6.07, 6.45) is 0.329. The van der Waals surface area contributed by atoms with Gasteiger partial charge in [0.2, 0.25) is 5.91 Å². The number of imide groups is 1. The molecule has 5 nitrogen and oxygen atoms in total. The molecule has 0 bridgehead atoms. The van der Waals surface area contributed by atoms with Gasteiger partial charge in [-0.15, -0.1) is 0 Å². The van der Waals surface area contributed by atoms with Crippen molar-refractivity contribution in [1.29, 1.82) is 0 Å². The standard InChI is InChI=1S/C14H13N3O2/c1-9-2-3-10-8-11(4-5-12(10)15-9)17-7-6-13(18)16-14(17)19/h2-5,8H,6-7H2,1H3,(H,16,18,19). The van der Waals surface area contributed by atoms with E-state index in [1.165, 1.54) is 0 Å². The number of hydrogen-bond donors (Lipinski definition) is 1. The third-order valence-electron chi connectivity index (χ3n) is 3.18. The number of pyridine rings is 1. The van der Waals surface area contributed by atoms with Gasteiger partial charge in [-0.25, -0.2) is 4.79 Å². The number of fused-ring (bicyclic) bond motifs is 1. The molecule has 3 amide bonds. The van der Waals surface area contributed by atoms with Gasteiger partial charge in [0, 0.05) is 29.7 Å². The minimum absolute atomic E-state index is 0.223. The Hall–Kier alpha value is -2.43. The first-order chi connectivity index (χ1) is 9.13. The number of hydrogen-bond acceptors (Lipinski definition) is 3.